The average molecular weight is 260 g/mol. The van der Waals surface area contributed by atoms with Gasteiger partial charge in [-0.1, -0.05) is 49.6 Å². The highest BCUT2D eigenvalue weighted by atomic mass is 16.5. The summed E-state index contributed by atoms with van der Waals surface area (Å²) >= 11 is 0. The van der Waals surface area contributed by atoms with E-state index >= 15 is 0 Å². The minimum Gasteiger partial charge on any atom is -0.462 e. The minimum atomic E-state index is -0.136. The largest absolute Gasteiger partial charge is 0.462 e. The van der Waals surface area contributed by atoms with Crippen LogP contribution in [0.5, 0.6) is 0 Å². The molecule has 0 saturated heterocycles. The first-order valence-corrected chi connectivity index (χ1v) is 7.47. The van der Waals surface area contributed by atoms with Crippen LogP contribution in [0.15, 0.2) is 30.3 Å². The number of hydrogen-bond acceptors (Lipinski definition) is 2. The standard InChI is InChI=1S/C17H24O2/c1-14(18)19-17(16-10-6-3-7-11-16)13-12-15-8-4-2-5-9-15/h2,4-5,8-9,16-17H,3,6-7,10-13H2,1H3. The van der Waals surface area contributed by atoms with Crippen LogP contribution in [0.2, 0.25) is 0 Å². The van der Waals surface area contributed by atoms with Crippen LogP contribution >= 0.6 is 0 Å². The van der Waals surface area contributed by atoms with Crippen LogP contribution in [0.4, 0.5) is 0 Å². The fourth-order valence-corrected chi connectivity index (χ4v) is 3.06. The van der Waals surface area contributed by atoms with Crippen LogP contribution < -0.4 is 0 Å². The number of aryl methyl sites for hydroxylation is 1. The van der Waals surface area contributed by atoms with Crippen LogP contribution in [0.3, 0.4) is 0 Å². The molecule has 0 aliphatic heterocycles. The van der Waals surface area contributed by atoms with Crippen molar-refractivity contribution in [3.8, 4) is 0 Å². The first kappa shape index (κ1) is 14.1. The van der Waals surface area contributed by atoms with E-state index < -0.39 is 0 Å². The van der Waals surface area contributed by atoms with Crippen LogP contribution in [0, 0.1) is 5.92 Å². The Morgan fingerprint density at radius 1 is 1.21 bits per heavy atom. The monoisotopic (exact) mass is 260 g/mol. The predicted octanol–water partition coefficient (Wildman–Crippen LogP) is 4.13. The van der Waals surface area contributed by atoms with E-state index in [4.69, 9.17) is 4.74 Å². The third-order valence-corrected chi connectivity index (χ3v) is 4.05. The van der Waals surface area contributed by atoms with Gasteiger partial charge in [-0.3, -0.25) is 4.79 Å². The second-order valence-electron chi connectivity index (χ2n) is 5.57. The quantitative estimate of drug-likeness (QED) is 0.744. The van der Waals surface area contributed by atoms with Crippen molar-refractivity contribution in [2.75, 3.05) is 0 Å². The zero-order valence-electron chi connectivity index (χ0n) is 11.8. The Labute approximate surface area is 116 Å². The molecule has 2 nitrogen and oxygen atoms in total. The first-order valence-electron chi connectivity index (χ1n) is 7.47. The molecule has 0 amide bonds. The molecular weight excluding hydrogens is 236 g/mol. The first-order chi connectivity index (χ1) is 9.25. The van der Waals surface area contributed by atoms with Crippen molar-refractivity contribution in [1.29, 1.82) is 0 Å². The summed E-state index contributed by atoms with van der Waals surface area (Å²) in [6, 6.07) is 10.5. The van der Waals surface area contributed by atoms with Gasteiger partial charge in [0.15, 0.2) is 0 Å². The van der Waals surface area contributed by atoms with E-state index in [-0.39, 0.29) is 12.1 Å². The summed E-state index contributed by atoms with van der Waals surface area (Å²) in [5.41, 5.74) is 1.33. The van der Waals surface area contributed by atoms with Crippen molar-refractivity contribution >= 4 is 5.97 Å². The molecule has 1 atom stereocenters. The molecule has 0 N–H and O–H groups in total. The molecule has 1 unspecified atom stereocenters. The number of esters is 1. The van der Waals surface area contributed by atoms with Crippen molar-refractivity contribution in [3.63, 3.8) is 0 Å². The van der Waals surface area contributed by atoms with Gasteiger partial charge in [0.2, 0.25) is 0 Å². The highest BCUT2D eigenvalue weighted by Gasteiger charge is 2.25. The molecule has 2 rings (SSSR count). The van der Waals surface area contributed by atoms with Crippen LogP contribution in [-0.2, 0) is 16.0 Å². The number of benzene rings is 1. The normalized spacial score (nSPS) is 17.9. The van der Waals surface area contributed by atoms with Gasteiger partial charge >= 0.3 is 5.97 Å². The molecule has 2 heteroatoms. The predicted molar refractivity (Wildman–Crippen MR) is 76.9 cm³/mol. The third kappa shape index (κ3) is 4.70. The van der Waals surface area contributed by atoms with E-state index in [2.05, 4.69) is 24.3 Å². The molecule has 0 spiro atoms. The summed E-state index contributed by atoms with van der Waals surface area (Å²) in [5, 5.41) is 0. The van der Waals surface area contributed by atoms with Gasteiger partial charge in [-0.05, 0) is 37.2 Å². The SMILES string of the molecule is CC(=O)OC(CCc1ccccc1)C1CCCCC1. The molecule has 1 aromatic rings. The second kappa shape index (κ2) is 7.32. The Kier molecular flexibility index (Phi) is 5.44. The summed E-state index contributed by atoms with van der Waals surface area (Å²) in [7, 11) is 0. The number of hydrogen-bond donors (Lipinski definition) is 0. The molecular formula is C17H24O2. The van der Waals surface area contributed by atoms with E-state index in [1.165, 1.54) is 44.6 Å². The molecule has 1 aliphatic rings. The van der Waals surface area contributed by atoms with E-state index in [1.54, 1.807) is 0 Å². The molecule has 19 heavy (non-hydrogen) atoms. The summed E-state index contributed by atoms with van der Waals surface area (Å²) in [6.07, 6.45) is 8.39. The third-order valence-electron chi connectivity index (χ3n) is 4.05. The second-order valence-corrected chi connectivity index (χ2v) is 5.57. The maximum absolute atomic E-state index is 11.3. The fourth-order valence-electron chi connectivity index (χ4n) is 3.06. The van der Waals surface area contributed by atoms with Crippen LogP contribution in [-0.4, -0.2) is 12.1 Å². The summed E-state index contributed by atoms with van der Waals surface area (Å²) < 4.78 is 5.57. The molecule has 0 heterocycles. The van der Waals surface area contributed by atoms with E-state index in [0.29, 0.717) is 5.92 Å². The Balaban J connectivity index is 1.91. The Hall–Kier alpha value is -1.31. The van der Waals surface area contributed by atoms with Crippen molar-refractivity contribution in [2.45, 2.75) is 58.0 Å². The Morgan fingerprint density at radius 3 is 2.53 bits per heavy atom. The maximum Gasteiger partial charge on any atom is 0.302 e. The van der Waals surface area contributed by atoms with Crippen LogP contribution in [0.1, 0.15) is 51.0 Å². The lowest BCUT2D eigenvalue weighted by Crippen LogP contribution is -2.28. The topological polar surface area (TPSA) is 26.3 Å². The minimum absolute atomic E-state index is 0.109. The summed E-state index contributed by atoms with van der Waals surface area (Å²) in [6.45, 7) is 1.53. The lowest BCUT2D eigenvalue weighted by atomic mass is 9.83. The van der Waals surface area contributed by atoms with Crippen LogP contribution in [0.25, 0.3) is 0 Å². The van der Waals surface area contributed by atoms with Crippen molar-refractivity contribution in [1.82, 2.24) is 0 Å². The Morgan fingerprint density at radius 2 is 1.89 bits per heavy atom. The van der Waals surface area contributed by atoms with Crippen molar-refractivity contribution in [2.24, 2.45) is 5.92 Å². The molecule has 0 bridgehead atoms. The van der Waals surface area contributed by atoms with Gasteiger partial charge in [-0.15, -0.1) is 0 Å². The molecule has 0 aromatic heterocycles. The van der Waals surface area contributed by atoms with E-state index in [0.717, 1.165) is 12.8 Å². The van der Waals surface area contributed by atoms with Gasteiger partial charge in [0.05, 0.1) is 0 Å². The molecule has 1 aromatic carbocycles. The average Bonchev–Trinajstić information content (AvgIpc) is 2.45. The molecule has 104 valence electrons. The Bertz CT molecular complexity index is 380. The smallest absolute Gasteiger partial charge is 0.302 e. The number of carbonyl (C=O) groups is 1. The fraction of sp³-hybridized carbons (Fsp3) is 0.588. The molecule has 1 saturated carbocycles. The van der Waals surface area contributed by atoms with Crippen molar-refractivity contribution < 1.29 is 9.53 Å². The molecule has 1 aliphatic carbocycles. The van der Waals surface area contributed by atoms with Gasteiger partial charge in [0.1, 0.15) is 6.10 Å². The zero-order valence-corrected chi connectivity index (χ0v) is 11.8. The highest BCUT2D eigenvalue weighted by molar-refractivity contribution is 5.66. The number of ether oxygens (including phenoxy) is 1. The van der Waals surface area contributed by atoms with Gasteiger partial charge in [-0.25, -0.2) is 0 Å². The summed E-state index contributed by atoms with van der Waals surface area (Å²) in [4.78, 5) is 11.3. The maximum atomic E-state index is 11.3. The highest BCUT2D eigenvalue weighted by Crippen LogP contribution is 2.30. The molecule has 1 fully saturated rings. The lowest BCUT2D eigenvalue weighted by molar-refractivity contribution is -0.150. The summed E-state index contributed by atoms with van der Waals surface area (Å²) in [5.74, 6) is 0.435. The number of carbonyl (C=O) groups excluding carboxylic acids is 1. The van der Waals surface area contributed by atoms with Gasteiger partial charge in [0.25, 0.3) is 0 Å². The van der Waals surface area contributed by atoms with E-state index in [1.807, 2.05) is 6.07 Å². The number of rotatable bonds is 5. The van der Waals surface area contributed by atoms with E-state index in [9.17, 15) is 4.79 Å². The lowest BCUT2D eigenvalue weighted by Gasteiger charge is -2.29. The van der Waals surface area contributed by atoms with Gasteiger partial charge in [0, 0.05) is 6.92 Å². The van der Waals surface area contributed by atoms with Crippen molar-refractivity contribution in [3.05, 3.63) is 35.9 Å². The zero-order chi connectivity index (χ0) is 13.5. The van der Waals surface area contributed by atoms with Gasteiger partial charge < -0.3 is 4.74 Å². The molecule has 0 radical (unpaired) electrons. The van der Waals surface area contributed by atoms with Gasteiger partial charge in [-0.2, -0.15) is 0 Å².